The summed E-state index contributed by atoms with van der Waals surface area (Å²) in [5.74, 6) is 0.768. The molecule has 1 heterocycles. The van der Waals surface area contributed by atoms with E-state index in [0.29, 0.717) is 30.3 Å². The molecule has 1 saturated heterocycles. The molecule has 0 bridgehead atoms. The molecule has 0 aromatic heterocycles. The minimum absolute atomic E-state index is 0.0270. The highest BCUT2D eigenvalue weighted by Gasteiger charge is 2.26. The van der Waals surface area contributed by atoms with Crippen LogP contribution >= 0.6 is 11.6 Å². The van der Waals surface area contributed by atoms with Crippen LogP contribution in [0.3, 0.4) is 0 Å². The van der Waals surface area contributed by atoms with Gasteiger partial charge in [0.15, 0.2) is 0 Å². The number of hydrogen-bond acceptors (Lipinski definition) is 3. The number of rotatable bonds is 4. The van der Waals surface area contributed by atoms with Crippen molar-refractivity contribution in [2.45, 2.75) is 25.6 Å². The van der Waals surface area contributed by atoms with Crippen LogP contribution in [0.25, 0.3) is 0 Å². The molecule has 0 radical (unpaired) electrons. The van der Waals surface area contributed by atoms with Gasteiger partial charge in [-0.1, -0.05) is 6.07 Å². The number of hydrogen-bond donors (Lipinski definition) is 0. The minimum atomic E-state index is -0.236. The fourth-order valence-corrected chi connectivity index (χ4v) is 2.38. The van der Waals surface area contributed by atoms with Crippen LogP contribution < -0.4 is 4.74 Å². The Morgan fingerprint density at radius 1 is 1.53 bits per heavy atom. The smallest absolute Gasteiger partial charge is 0.131 e. The highest BCUT2D eigenvalue weighted by atomic mass is 35.5. The number of ether oxygens (including phenoxy) is 2. The summed E-state index contributed by atoms with van der Waals surface area (Å²) in [6.45, 7) is 4.00. The van der Waals surface area contributed by atoms with Crippen molar-refractivity contribution in [3.63, 3.8) is 0 Å². The normalized spacial score (nSPS) is 24.4. The summed E-state index contributed by atoms with van der Waals surface area (Å²) in [6, 6.07) is 5.23. The van der Waals surface area contributed by atoms with E-state index in [4.69, 9.17) is 21.1 Å². The second-order valence-corrected chi connectivity index (χ2v) is 5.15. The van der Waals surface area contributed by atoms with Gasteiger partial charge in [-0.2, -0.15) is 0 Å². The van der Waals surface area contributed by atoms with Crippen molar-refractivity contribution in [1.29, 1.82) is 0 Å². The maximum absolute atomic E-state index is 13.9. The predicted octanol–water partition coefficient (Wildman–Crippen LogP) is 2.66. The molecule has 1 aromatic carbocycles. The first kappa shape index (κ1) is 14.6. The van der Waals surface area contributed by atoms with E-state index >= 15 is 0 Å². The van der Waals surface area contributed by atoms with Gasteiger partial charge < -0.3 is 9.47 Å². The zero-order valence-electron chi connectivity index (χ0n) is 11.2. The van der Waals surface area contributed by atoms with Gasteiger partial charge in [0, 0.05) is 36.6 Å². The summed E-state index contributed by atoms with van der Waals surface area (Å²) in [4.78, 5) is 2.20. The van der Waals surface area contributed by atoms with Crippen molar-refractivity contribution in [3.05, 3.63) is 29.6 Å². The van der Waals surface area contributed by atoms with E-state index in [0.717, 1.165) is 6.54 Å². The molecule has 3 nitrogen and oxygen atoms in total. The van der Waals surface area contributed by atoms with Gasteiger partial charge in [0.1, 0.15) is 11.6 Å². The summed E-state index contributed by atoms with van der Waals surface area (Å²) in [6.07, 6.45) is 0.0270. The Labute approximate surface area is 118 Å². The first-order valence-electron chi connectivity index (χ1n) is 6.38. The molecule has 1 aromatic rings. The molecular formula is C14H19ClFNO2. The van der Waals surface area contributed by atoms with Gasteiger partial charge in [-0.25, -0.2) is 4.39 Å². The highest BCUT2D eigenvalue weighted by molar-refractivity contribution is 6.18. The first-order valence-corrected chi connectivity index (χ1v) is 6.91. The van der Waals surface area contributed by atoms with E-state index in [-0.39, 0.29) is 18.0 Å². The monoisotopic (exact) mass is 287 g/mol. The second-order valence-electron chi connectivity index (χ2n) is 4.85. The largest absolute Gasteiger partial charge is 0.497 e. The lowest BCUT2D eigenvalue weighted by Gasteiger charge is -2.37. The first-order chi connectivity index (χ1) is 9.13. The van der Waals surface area contributed by atoms with Crippen LogP contribution in [0.5, 0.6) is 5.75 Å². The number of benzene rings is 1. The Morgan fingerprint density at radius 3 is 2.95 bits per heavy atom. The lowest BCUT2D eigenvalue weighted by molar-refractivity contribution is -0.0513. The number of alkyl halides is 1. The number of methoxy groups -OCH3 is 1. The SMILES string of the molecule is COc1ccc(CN2CC(CCl)OCC2C)c(F)c1. The molecule has 2 atom stereocenters. The van der Waals surface area contributed by atoms with Gasteiger partial charge in [0.05, 0.1) is 19.8 Å². The van der Waals surface area contributed by atoms with Gasteiger partial charge >= 0.3 is 0 Å². The molecule has 5 heteroatoms. The molecule has 0 saturated carbocycles. The van der Waals surface area contributed by atoms with Crippen LogP contribution in [0.2, 0.25) is 0 Å². The van der Waals surface area contributed by atoms with E-state index in [1.165, 1.54) is 13.2 Å². The zero-order valence-corrected chi connectivity index (χ0v) is 12.0. The molecule has 0 amide bonds. The van der Waals surface area contributed by atoms with Gasteiger partial charge in [-0.05, 0) is 13.0 Å². The van der Waals surface area contributed by atoms with Crippen molar-refractivity contribution in [3.8, 4) is 5.75 Å². The van der Waals surface area contributed by atoms with Crippen molar-refractivity contribution in [2.75, 3.05) is 26.1 Å². The summed E-state index contributed by atoms with van der Waals surface area (Å²) in [5.41, 5.74) is 0.669. The fourth-order valence-electron chi connectivity index (χ4n) is 2.19. The topological polar surface area (TPSA) is 21.7 Å². The van der Waals surface area contributed by atoms with Crippen molar-refractivity contribution in [1.82, 2.24) is 4.90 Å². The average molecular weight is 288 g/mol. The lowest BCUT2D eigenvalue weighted by atomic mass is 10.1. The molecule has 1 aliphatic rings. The predicted molar refractivity (Wildman–Crippen MR) is 73.3 cm³/mol. The molecule has 2 rings (SSSR count). The van der Waals surface area contributed by atoms with Crippen LogP contribution in [-0.2, 0) is 11.3 Å². The lowest BCUT2D eigenvalue weighted by Crippen LogP contribution is -2.48. The third kappa shape index (κ3) is 3.59. The number of nitrogens with zero attached hydrogens (tertiary/aromatic N) is 1. The summed E-state index contributed by atoms with van der Waals surface area (Å²) in [5, 5.41) is 0. The number of morpholine rings is 1. The zero-order chi connectivity index (χ0) is 13.8. The van der Waals surface area contributed by atoms with Crippen LogP contribution in [-0.4, -0.2) is 43.2 Å². The third-order valence-electron chi connectivity index (χ3n) is 3.44. The number of halogens is 2. The molecule has 19 heavy (non-hydrogen) atoms. The Morgan fingerprint density at radius 2 is 2.32 bits per heavy atom. The molecule has 1 aliphatic heterocycles. The Kier molecular flexibility index (Phi) is 5.02. The van der Waals surface area contributed by atoms with Gasteiger partial charge in [-0.3, -0.25) is 4.90 Å². The maximum Gasteiger partial charge on any atom is 0.131 e. The standard InChI is InChI=1S/C14H19ClFNO2/c1-10-9-19-13(6-15)8-17(10)7-11-3-4-12(18-2)5-14(11)16/h3-5,10,13H,6-9H2,1-2H3. The van der Waals surface area contributed by atoms with Crippen LogP contribution in [0.1, 0.15) is 12.5 Å². The summed E-state index contributed by atoms with van der Waals surface area (Å²) >= 11 is 5.82. The second kappa shape index (κ2) is 6.55. The molecule has 2 unspecified atom stereocenters. The van der Waals surface area contributed by atoms with E-state index in [1.807, 2.05) is 0 Å². The molecule has 0 spiro atoms. The van der Waals surface area contributed by atoms with Crippen LogP contribution in [0.15, 0.2) is 18.2 Å². The van der Waals surface area contributed by atoms with Crippen molar-refractivity contribution in [2.24, 2.45) is 0 Å². The Hall–Kier alpha value is -0.840. The van der Waals surface area contributed by atoms with E-state index in [2.05, 4.69) is 11.8 Å². The van der Waals surface area contributed by atoms with Crippen molar-refractivity contribution >= 4 is 11.6 Å². The fraction of sp³-hybridized carbons (Fsp3) is 0.571. The Balaban J connectivity index is 2.06. The van der Waals surface area contributed by atoms with E-state index < -0.39 is 0 Å². The quantitative estimate of drug-likeness (QED) is 0.795. The van der Waals surface area contributed by atoms with Crippen LogP contribution in [0.4, 0.5) is 4.39 Å². The minimum Gasteiger partial charge on any atom is -0.497 e. The molecule has 1 fully saturated rings. The summed E-state index contributed by atoms with van der Waals surface area (Å²) < 4.78 is 24.5. The van der Waals surface area contributed by atoms with Gasteiger partial charge in [-0.15, -0.1) is 11.6 Å². The highest BCUT2D eigenvalue weighted by Crippen LogP contribution is 2.21. The molecular weight excluding hydrogens is 269 g/mol. The Bertz CT molecular complexity index is 430. The van der Waals surface area contributed by atoms with Gasteiger partial charge in [0.2, 0.25) is 0 Å². The third-order valence-corrected chi connectivity index (χ3v) is 3.78. The van der Waals surface area contributed by atoms with Crippen molar-refractivity contribution < 1.29 is 13.9 Å². The average Bonchev–Trinajstić information content (AvgIpc) is 2.43. The van der Waals surface area contributed by atoms with E-state index in [9.17, 15) is 4.39 Å². The molecule has 0 aliphatic carbocycles. The van der Waals surface area contributed by atoms with Gasteiger partial charge in [0.25, 0.3) is 0 Å². The molecule has 0 N–H and O–H groups in total. The summed E-state index contributed by atoms with van der Waals surface area (Å²) in [7, 11) is 1.53. The van der Waals surface area contributed by atoms with Crippen LogP contribution in [0, 0.1) is 5.82 Å². The molecule has 106 valence electrons. The maximum atomic E-state index is 13.9. The van der Waals surface area contributed by atoms with E-state index in [1.54, 1.807) is 12.1 Å².